The van der Waals surface area contributed by atoms with Gasteiger partial charge in [-0.15, -0.1) is 0 Å². The Hall–Kier alpha value is -3.22. The lowest BCUT2D eigenvalue weighted by atomic mass is 9.89. The number of hydrogen-bond donors (Lipinski definition) is 0. The fourth-order valence-electron chi connectivity index (χ4n) is 5.33. The Balaban J connectivity index is 1.47. The number of benzene rings is 1. The van der Waals surface area contributed by atoms with Crippen molar-refractivity contribution in [2.24, 2.45) is 11.8 Å². The molecule has 5 rings (SSSR count). The Labute approximate surface area is 180 Å². The highest BCUT2D eigenvalue weighted by atomic mass is 19.1. The van der Waals surface area contributed by atoms with Gasteiger partial charge in [-0.25, -0.2) is 9.37 Å². The molecule has 2 aromatic heterocycles. The predicted octanol–water partition coefficient (Wildman–Crippen LogP) is 3.38. The molecular weight excluding hydrogens is 395 g/mol. The second-order valence-electron chi connectivity index (χ2n) is 8.79. The fourth-order valence-corrected chi connectivity index (χ4v) is 5.33. The van der Waals surface area contributed by atoms with Crippen LogP contribution in [-0.2, 0) is 4.79 Å². The van der Waals surface area contributed by atoms with Gasteiger partial charge in [0.2, 0.25) is 5.91 Å². The van der Waals surface area contributed by atoms with Crippen molar-refractivity contribution in [2.75, 3.05) is 19.6 Å². The lowest BCUT2D eigenvalue weighted by Gasteiger charge is -2.29. The third-order valence-corrected chi connectivity index (χ3v) is 6.69. The van der Waals surface area contributed by atoms with Gasteiger partial charge in [-0.3, -0.25) is 14.0 Å². The molecule has 3 aromatic rings. The van der Waals surface area contributed by atoms with Crippen molar-refractivity contribution >= 4 is 17.5 Å². The third kappa shape index (κ3) is 3.19. The number of aromatic nitrogens is 2. The molecule has 2 fully saturated rings. The first kappa shape index (κ1) is 19.7. The smallest absolute Gasteiger partial charge is 0.272 e. The number of nitrogens with zero attached hydrogens (tertiary/aromatic N) is 4. The number of rotatable bonds is 2. The van der Waals surface area contributed by atoms with E-state index in [0.717, 1.165) is 16.8 Å². The van der Waals surface area contributed by atoms with Gasteiger partial charge >= 0.3 is 0 Å². The molecule has 3 atom stereocenters. The minimum Gasteiger partial charge on any atom is -0.337 e. The van der Waals surface area contributed by atoms with E-state index in [4.69, 9.17) is 0 Å². The zero-order chi connectivity index (χ0) is 21.9. The molecule has 0 N–H and O–H groups in total. The summed E-state index contributed by atoms with van der Waals surface area (Å²) in [5, 5.41) is 0. The molecule has 1 aromatic carbocycles. The summed E-state index contributed by atoms with van der Waals surface area (Å²) in [6.07, 6.45) is 1.94. The molecule has 4 heterocycles. The van der Waals surface area contributed by atoms with E-state index in [1.807, 2.05) is 52.4 Å². The lowest BCUT2D eigenvalue weighted by molar-refractivity contribution is -0.130. The topological polar surface area (TPSA) is 57.9 Å². The van der Waals surface area contributed by atoms with Crippen LogP contribution in [0.15, 0.2) is 42.6 Å². The first-order valence-corrected chi connectivity index (χ1v) is 10.6. The Morgan fingerprint density at radius 3 is 2.65 bits per heavy atom. The van der Waals surface area contributed by atoms with E-state index in [1.54, 1.807) is 13.0 Å². The van der Waals surface area contributed by atoms with Gasteiger partial charge in [-0.1, -0.05) is 18.2 Å². The molecule has 0 aliphatic carbocycles. The van der Waals surface area contributed by atoms with Crippen molar-refractivity contribution in [3.05, 3.63) is 70.9 Å². The number of imidazole rings is 1. The van der Waals surface area contributed by atoms with Gasteiger partial charge in [0.25, 0.3) is 5.91 Å². The summed E-state index contributed by atoms with van der Waals surface area (Å²) in [7, 11) is 0. The molecule has 0 radical (unpaired) electrons. The molecule has 31 heavy (non-hydrogen) atoms. The third-order valence-electron chi connectivity index (χ3n) is 6.69. The largest absolute Gasteiger partial charge is 0.337 e. The van der Waals surface area contributed by atoms with Crippen LogP contribution >= 0.6 is 0 Å². The summed E-state index contributed by atoms with van der Waals surface area (Å²) in [6, 6.07) is 10.1. The number of aryl methyl sites for hydroxylation is 2. The molecular formula is C24H25FN4O2. The first-order chi connectivity index (χ1) is 14.8. The van der Waals surface area contributed by atoms with Crippen LogP contribution in [0.5, 0.6) is 0 Å². The van der Waals surface area contributed by atoms with Gasteiger partial charge in [0.1, 0.15) is 17.2 Å². The molecule has 2 aliphatic rings. The Bertz CT molecular complexity index is 1200. The highest BCUT2D eigenvalue weighted by Gasteiger charge is 2.49. The van der Waals surface area contributed by atoms with Crippen LogP contribution in [0, 0.1) is 31.5 Å². The predicted molar refractivity (Wildman–Crippen MR) is 114 cm³/mol. The van der Waals surface area contributed by atoms with Crippen LogP contribution in [0.3, 0.4) is 0 Å². The van der Waals surface area contributed by atoms with Crippen LogP contribution in [0.4, 0.5) is 4.39 Å². The zero-order valence-electron chi connectivity index (χ0n) is 17.9. The normalized spacial score (nSPS) is 22.9. The molecule has 6 nitrogen and oxygen atoms in total. The van der Waals surface area contributed by atoms with Crippen molar-refractivity contribution in [3.8, 4) is 0 Å². The van der Waals surface area contributed by atoms with E-state index in [0.29, 0.717) is 31.0 Å². The second-order valence-corrected chi connectivity index (χ2v) is 8.79. The van der Waals surface area contributed by atoms with E-state index in [-0.39, 0.29) is 35.5 Å². The summed E-state index contributed by atoms with van der Waals surface area (Å²) in [5.74, 6) is -0.127. The SMILES string of the molecule is CC(=O)N1C[C@H]2CN(C(=O)c3c(C)nc4ccc(C)cn34)C[C@H]2[C@H]1c1cccc(F)c1. The van der Waals surface area contributed by atoms with Crippen LogP contribution in [0.2, 0.25) is 0 Å². The highest BCUT2D eigenvalue weighted by Crippen LogP contribution is 2.45. The average Bonchev–Trinajstić information content (AvgIpc) is 3.37. The second kappa shape index (κ2) is 7.18. The highest BCUT2D eigenvalue weighted by molar-refractivity contribution is 5.95. The van der Waals surface area contributed by atoms with Crippen molar-refractivity contribution in [3.63, 3.8) is 0 Å². The quantitative estimate of drug-likeness (QED) is 0.639. The number of pyridine rings is 1. The van der Waals surface area contributed by atoms with Crippen molar-refractivity contribution in [1.29, 1.82) is 0 Å². The standard InChI is InChI=1S/C24H25FN4O2/c1-14-7-8-21-26-15(2)22(29(21)10-14)24(31)27-11-18-12-28(16(3)30)23(20(18)13-27)17-5-4-6-19(25)9-17/h4-10,18,20,23H,11-13H2,1-3H3/t18-,20-,23-/m1/s1. The molecule has 2 saturated heterocycles. The minimum atomic E-state index is -0.313. The van der Waals surface area contributed by atoms with Gasteiger partial charge in [0.05, 0.1) is 11.7 Å². The monoisotopic (exact) mass is 420 g/mol. The van der Waals surface area contributed by atoms with Crippen molar-refractivity contribution in [2.45, 2.75) is 26.8 Å². The number of halogens is 1. The molecule has 2 amide bonds. The summed E-state index contributed by atoms with van der Waals surface area (Å²) in [4.78, 5) is 34.1. The van der Waals surface area contributed by atoms with Gasteiger partial charge in [0, 0.05) is 44.6 Å². The molecule has 0 saturated carbocycles. The number of carbonyl (C=O) groups excluding carboxylic acids is 2. The number of carbonyl (C=O) groups is 2. The van der Waals surface area contributed by atoms with Gasteiger partial charge in [0.15, 0.2) is 0 Å². The maximum Gasteiger partial charge on any atom is 0.272 e. The summed E-state index contributed by atoms with van der Waals surface area (Å²) < 4.78 is 15.8. The molecule has 0 unspecified atom stereocenters. The number of amides is 2. The Morgan fingerprint density at radius 1 is 1.10 bits per heavy atom. The van der Waals surface area contributed by atoms with Gasteiger partial charge < -0.3 is 9.80 Å². The molecule has 2 aliphatic heterocycles. The van der Waals surface area contributed by atoms with Crippen molar-refractivity contribution < 1.29 is 14.0 Å². The molecule has 7 heteroatoms. The minimum absolute atomic E-state index is 0.0189. The maximum absolute atomic E-state index is 13.9. The number of likely N-dealkylation sites (tertiary alicyclic amines) is 2. The molecule has 160 valence electrons. The van der Waals surface area contributed by atoms with E-state index in [2.05, 4.69) is 4.98 Å². The van der Waals surface area contributed by atoms with Crippen molar-refractivity contribution in [1.82, 2.24) is 19.2 Å². The fraction of sp³-hybridized carbons (Fsp3) is 0.375. The lowest BCUT2D eigenvalue weighted by Crippen LogP contribution is -2.37. The van der Waals surface area contributed by atoms with E-state index >= 15 is 0 Å². The summed E-state index contributed by atoms with van der Waals surface area (Å²) in [6.45, 7) is 7.10. The average molecular weight is 420 g/mol. The summed E-state index contributed by atoms with van der Waals surface area (Å²) >= 11 is 0. The van der Waals surface area contributed by atoms with Crippen LogP contribution in [-0.4, -0.2) is 50.6 Å². The van der Waals surface area contributed by atoms with E-state index < -0.39 is 0 Å². The van der Waals surface area contributed by atoms with Gasteiger partial charge in [-0.2, -0.15) is 0 Å². The van der Waals surface area contributed by atoms with E-state index in [1.165, 1.54) is 12.1 Å². The van der Waals surface area contributed by atoms with Crippen LogP contribution in [0.25, 0.3) is 5.65 Å². The van der Waals surface area contributed by atoms with Gasteiger partial charge in [-0.05, 0) is 43.2 Å². The maximum atomic E-state index is 13.9. The summed E-state index contributed by atoms with van der Waals surface area (Å²) in [5.41, 5.74) is 3.90. The number of hydrogen-bond acceptors (Lipinski definition) is 3. The Morgan fingerprint density at radius 2 is 1.90 bits per heavy atom. The number of fused-ring (bicyclic) bond motifs is 2. The van der Waals surface area contributed by atoms with E-state index in [9.17, 15) is 14.0 Å². The van der Waals surface area contributed by atoms with Crippen LogP contribution < -0.4 is 0 Å². The molecule has 0 bridgehead atoms. The molecule has 0 spiro atoms. The first-order valence-electron chi connectivity index (χ1n) is 10.6. The Kier molecular flexibility index (Phi) is 4.57. The zero-order valence-corrected chi connectivity index (χ0v) is 17.9. The van der Waals surface area contributed by atoms with Crippen LogP contribution in [0.1, 0.15) is 40.3 Å².